The van der Waals surface area contributed by atoms with Crippen LogP contribution in [0.5, 0.6) is 5.75 Å². The Kier molecular flexibility index (Phi) is 8.74. The van der Waals surface area contributed by atoms with Crippen LogP contribution >= 0.6 is 12.2 Å². The van der Waals surface area contributed by atoms with Gasteiger partial charge in [-0.05, 0) is 69.0 Å². The molecule has 0 bridgehead atoms. The Morgan fingerprint density at radius 3 is 2.52 bits per heavy atom. The summed E-state index contributed by atoms with van der Waals surface area (Å²) in [5, 5.41) is 5.39. The highest BCUT2D eigenvalue weighted by molar-refractivity contribution is 7.80. The first-order chi connectivity index (χ1) is 15.2. The maximum absolute atomic E-state index is 5.87. The number of para-hydroxylation sites is 3. The van der Waals surface area contributed by atoms with Gasteiger partial charge >= 0.3 is 0 Å². The molecule has 0 unspecified atom stereocenters. The molecule has 0 spiro atoms. The number of thiocarbonyl (C=S) groups is 1. The molecule has 0 aliphatic rings. The van der Waals surface area contributed by atoms with Crippen molar-refractivity contribution < 1.29 is 4.74 Å². The second kappa shape index (κ2) is 11.7. The van der Waals surface area contributed by atoms with Crippen LogP contribution in [-0.2, 0) is 6.54 Å². The van der Waals surface area contributed by atoms with Gasteiger partial charge in [-0.15, -0.1) is 0 Å². The topological polar surface area (TPSA) is 43.5 Å². The van der Waals surface area contributed by atoms with E-state index >= 15 is 0 Å². The lowest BCUT2D eigenvalue weighted by Crippen LogP contribution is -2.36. The third-order valence-corrected chi connectivity index (χ3v) is 5.91. The van der Waals surface area contributed by atoms with Gasteiger partial charge in [0.15, 0.2) is 5.11 Å². The molecule has 0 saturated heterocycles. The zero-order chi connectivity index (χ0) is 22.1. The minimum absolute atomic E-state index is 0.619. The summed E-state index contributed by atoms with van der Waals surface area (Å²) in [5.41, 5.74) is 3.31. The lowest BCUT2D eigenvalue weighted by atomic mass is 10.1. The first kappa shape index (κ1) is 23.1. The van der Waals surface area contributed by atoms with E-state index in [9.17, 15) is 0 Å². The molecule has 2 aromatic carbocycles. The van der Waals surface area contributed by atoms with Crippen LogP contribution in [0.15, 0.2) is 54.7 Å². The SMILES string of the molecule is CCOc1ccccc1NC(=S)N(CCCN(CC)CC)Cc1c[nH]c2ccccc12. The maximum Gasteiger partial charge on any atom is 0.173 e. The van der Waals surface area contributed by atoms with Gasteiger partial charge in [0, 0.05) is 30.2 Å². The number of ether oxygens (including phenoxy) is 1. The van der Waals surface area contributed by atoms with Crippen molar-refractivity contribution in [3.63, 3.8) is 0 Å². The molecular weight excluding hydrogens is 404 g/mol. The molecule has 6 heteroatoms. The van der Waals surface area contributed by atoms with Gasteiger partial charge in [0.2, 0.25) is 0 Å². The standard InChI is InChI=1S/C25H34N4OS/c1-4-28(5-2)16-11-17-29(19-20-18-26-22-13-8-7-12-21(20)22)25(31)27-23-14-9-10-15-24(23)30-6-3/h7-10,12-15,18,26H,4-6,11,16-17,19H2,1-3H3,(H,27,31). The Labute approximate surface area is 191 Å². The van der Waals surface area contributed by atoms with E-state index in [4.69, 9.17) is 17.0 Å². The number of aromatic amines is 1. The van der Waals surface area contributed by atoms with Crippen LogP contribution in [0.1, 0.15) is 32.8 Å². The fraction of sp³-hybridized carbons (Fsp3) is 0.400. The van der Waals surface area contributed by atoms with E-state index in [1.54, 1.807) is 0 Å². The Morgan fingerprint density at radius 2 is 1.74 bits per heavy atom. The monoisotopic (exact) mass is 438 g/mol. The molecule has 2 N–H and O–H groups in total. The molecule has 0 atom stereocenters. The molecule has 3 aromatic rings. The molecule has 0 radical (unpaired) electrons. The summed E-state index contributed by atoms with van der Waals surface area (Å²) in [6.07, 6.45) is 3.15. The van der Waals surface area contributed by atoms with Crippen molar-refractivity contribution in [3.05, 3.63) is 60.3 Å². The van der Waals surface area contributed by atoms with Crippen LogP contribution in [0.4, 0.5) is 5.69 Å². The molecule has 0 saturated carbocycles. The maximum atomic E-state index is 5.87. The molecule has 0 fully saturated rings. The zero-order valence-corrected chi connectivity index (χ0v) is 19.7. The number of aromatic nitrogens is 1. The predicted molar refractivity (Wildman–Crippen MR) is 135 cm³/mol. The Balaban J connectivity index is 1.76. The van der Waals surface area contributed by atoms with E-state index in [0.29, 0.717) is 6.61 Å². The average Bonchev–Trinajstić information content (AvgIpc) is 3.20. The first-order valence-electron chi connectivity index (χ1n) is 11.2. The smallest absolute Gasteiger partial charge is 0.173 e. The van der Waals surface area contributed by atoms with Crippen molar-refractivity contribution in [2.24, 2.45) is 0 Å². The van der Waals surface area contributed by atoms with E-state index in [0.717, 1.165) is 61.2 Å². The minimum atomic E-state index is 0.619. The van der Waals surface area contributed by atoms with Crippen LogP contribution in [0.3, 0.4) is 0 Å². The summed E-state index contributed by atoms with van der Waals surface area (Å²) in [5.74, 6) is 0.822. The third-order valence-electron chi connectivity index (χ3n) is 5.55. The number of benzene rings is 2. The quantitative estimate of drug-likeness (QED) is 0.387. The second-order valence-corrected chi connectivity index (χ2v) is 7.91. The molecule has 5 nitrogen and oxygen atoms in total. The lowest BCUT2D eigenvalue weighted by molar-refractivity contribution is 0.281. The summed E-state index contributed by atoms with van der Waals surface area (Å²) in [6.45, 7) is 11.9. The Hall–Kier alpha value is -2.57. The number of H-pyrrole nitrogens is 1. The van der Waals surface area contributed by atoms with Gasteiger partial charge in [0.1, 0.15) is 5.75 Å². The Bertz CT molecular complexity index is 967. The van der Waals surface area contributed by atoms with E-state index in [1.807, 2.05) is 31.2 Å². The highest BCUT2D eigenvalue weighted by Gasteiger charge is 2.15. The van der Waals surface area contributed by atoms with Gasteiger partial charge in [-0.2, -0.15) is 0 Å². The largest absolute Gasteiger partial charge is 0.492 e. The highest BCUT2D eigenvalue weighted by atomic mass is 32.1. The first-order valence-corrected chi connectivity index (χ1v) is 11.6. The molecule has 0 aliphatic carbocycles. The molecule has 3 rings (SSSR count). The molecule has 0 aliphatic heterocycles. The molecule has 1 aromatic heterocycles. The van der Waals surface area contributed by atoms with E-state index in [-0.39, 0.29) is 0 Å². The van der Waals surface area contributed by atoms with Crippen LogP contribution in [0.25, 0.3) is 10.9 Å². The molecule has 166 valence electrons. The van der Waals surface area contributed by atoms with Crippen molar-refractivity contribution in [1.29, 1.82) is 0 Å². The van der Waals surface area contributed by atoms with Gasteiger partial charge in [-0.25, -0.2) is 0 Å². The number of hydrogen-bond donors (Lipinski definition) is 2. The zero-order valence-electron chi connectivity index (χ0n) is 18.9. The van der Waals surface area contributed by atoms with E-state index in [1.165, 1.54) is 10.9 Å². The van der Waals surface area contributed by atoms with E-state index < -0.39 is 0 Å². The molecule has 31 heavy (non-hydrogen) atoms. The fourth-order valence-electron chi connectivity index (χ4n) is 3.79. The molecule has 0 amide bonds. The normalized spacial score (nSPS) is 11.1. The van der Waals surface area contributed by atoms with Crippen molar-refractivity contribution in [1.82, 2.24) is 14.8 Å². The molecule has 1 heterocycles. The lowest BCUT2D eigenvalue weighted by Gasteiger charge is -2.28. The number of anilines is 1. The summed E-state index contributed by atoms with van der Waals surface area (Å²) in [4.78, 5) is 8.09. The predicted octanol–water partition coefficient (Wildman–Crippen LogP) is 5.50. The van der Waals surface area contributed by atoms with Gasteiger partial charge < -0.3 is 24.8 Å². The van der Waals surface area contributed by atoms with Gasteiger partial charge in [0.25, 0.3) is 0 Å². The minimum Gasteiger partial charge on any atom is -0.492 e. The van der Waals surface area contributed by atoms with E-state index in [2.05, 4.69) is 64.4 Å². The number of nitrogens with one attached hydrogen (secondary N) is 2. The van der Waals surface area contributed by atoms with Crippen LogP contribution in [0.2, 0.25) is 0 Å². The number of hydrogen-bond acceptors (Lipinski definition) is 3. The number of nitrogens with zero attached hydrogens (tertiary/aromatic N) is 2. The average molecular weight is 439 g/mol. The summed E-state index contributed by atoms with van der Waals surface area (Å²) in [7, 11) is 0. The van der Waals surface area contributed by atoms with Gasteiger partial charge in [-0.1, -0.05) is 44.2 Å². The summed E-state index contributed by atoms with van der Waals surface area (Å²) < 4.78 is 5.77. The van der Waals surface area contributed by atoms with Gasteiger partial charge in [0.05, 0.1) is 12.3 Å². The second-order valence-electron chi connectivity index (χ2n) is 7.52. The molecular formula is C25H34N4OS. The van der Waals surface area contributed by atoms with Crippen molar-refractivity contribution in [3.8, 4) is 5.75 Å². The fourth-order valence-corrected chi connectivity index (χ4v) is 4.06. The van der Waals surface area contributed by atoms with Crippen LogP contribution < -0.4 is 10.1 Å². The van der Waals surface area contributed by atoms with Crippen molar-refractivity contribution in [2.45, 2.75) is 33.7 Å². The number of fused-ring (bicyclic) bond motifs is 1. The summed E-state index contributed by atoms with van der Waals surface area (Å²) >= 11 is 5.87. The highest BCUT2D eigenvalue weighted by Crippen LogP contribution is 2.25. The van der Waals surface area contributed by atoms with Crippen molar-refractivity contribution in [2.75, 3.05) is 38.1 Å². The van der Waals surface area contributed by atoms with Gasteiger partial charge in [-0.3, -0.25) is 0 Å². The third kappa shape index (κ3) is 6.21. The van der Waals surface area contributed by atoms with Crippen LogP contribution in [-0.4, -0.2) is 52.7 Å². The number of rotatable bonds is 11. The van der Waals surface area contributed by atoms with Crippen LogP contribution in [0, 0.1) is 0 Å². The summed E-state index contributed by atoms with van der Waals surface area (Å²) in [6, 6.07) is 16.4. The Morgan fingerprint density at radius 1 is 1.00 bits per heavy atom. The van der Waals surface area contributed by atoms with Crippen molar-refractivity contribution >= 4 is 33.9 Å².